The summed E-state index contributed by atoms with van der Waals surface area (Å²) in [5.41, 5.74) is 2.25. The van der Waals surface area contributed by atoms with Crippen LogP contribution in [0.5, 0.6) is 0 Å². The highest BCUT2D eigenvalue weighted by Crippen LogP contribution is 2.28. The molecule has 0 bridgehead atoms. The Morgan fingerprint density at radius 2 is 1.85 bits per heavy atom. The standard InChI is InChI=1S/C11H12N2/c1-13-11(8-12)6-9-4-2-3-5-10(9)7-11/h2-5,13H,6-7H2,1H3. The zero-order valence-corrected chi connectivity index (χ0v) is 7.67. The van der Waals surface area contributed by atoms with E-state index in [1.807, 2.05) is 19.2 Å². The van der Waals surface area contributed by atoms with Gasteiger partial charge >= 0.3 is 0 Å². The van der Waals surface area contributed by atoms with Crippen molar-refractivity contribution in [2.75, 3.05) is 7.05 Å². The molecule has 0 unspecified atom stereocenters. The third kappa shape index (κ3) is 1.22. The molecule has 0 aliphatic heterocycles. The zero-order chi connectivity index (χ0) is 9.31. The first-order valence-corrected chi connectivity index (χ1v) is 4.47. The lowest BCUT2D eigenvalue weighted by Crippen LogP contribution is -2.42. The number of nitrogens with one attached hydrogen (secondary N) is 1. The number of nitrogens with zero attached hydrogens (tertiary/aromatic N) is 1. The molecule has 2 heteroatoms. The highest BCUT2D eigenvalue weighted by atomic mass is 14.9. The van der Waals surface area contributed by atoms with Gasteiger partial charge in [0.2, 0.25) is 0 Å². The predicted octanol–water partition coefficient (Wildman–Crippen LogP) is 1.27. The Balaban J connectivity index is 2.37. The predicted molar refractivity (Wildman–Crippen MR) is 51.3 cm³/mol. The van der Waals surface area contributed by atoms with Crippen molar-refractivity contribution in [2.24, 2.45) is 0 Å². The van der Waals surface area contributed by atoms with Crippen LogP contribution in [-0.4, -0.2) is 12.6 Å². The lowest BCUT2D eigenvalue weighted by atomic mass is 9.98. The minimum absolute atomic E-state index is 0.357. The van der Waals surface area contributed by atoms with Crippen molar-refractivity contribution in [3.8, 4) is 6.07 Å². The van der Waals surface area contributed by atoms with Crippen molar-refractivity contribution >= 4 is 0 Å². The van der Waals surface area contributed by atoms with Crippen LogP contribution in [0.3, 0.4) is 0 Å². The maximum absolute atomic E-state index is 9.08. The molecular formula is C11H12N2. The lowest BCUT2D eigenvalue weighted by Gasteiger charge is -2.18. The number of hydrogen-bond donors (Lipinski definition) is 1. The Morgan fingerprint density at radius 1 is 1.31 bits per heavy atom. The average Bonchev–Trinajstić information content (AvgIpc) is 2.57. The third-order valence-electron chi connectivity index (χ3n) is 2.80. The Bertz CT molecular complexity index is 338. The van der Waals surface area contributed by atoms with Crippen LogP contribution in [0.4, 0.5) is 0 Å². The van der Waals surface area contributed by atoms with Crippen molar-refractivity contribution < 1.29 is 0 Å². The molecule has 0 fully saturated rings. The average molecular weight is 172 g/mol. The first-order chi connectivity index (χ1) is 6.29. The van der Waals surface area contributed by atoms with Gasteiger partial charge in [-0.25, -0.2) is 0 Å². The summed E-state index contributed by atoms with van der Waals surface area (Å²) in [7, 11) is 1.86. The van der Waals surface area contributed by atoms with E-state index < -0.39 is 0 Å². The van der Waals surface area contributed by atoms with Crippen LogP contribution in [0.25, 0.3) is 0 Å². The molecule has 0 saturated carbocycles. The molecule has 2 nitrogen and oxygen atoms in total. The summed E-state index contributed by atoms with van der Waals surface area (Å²) in [6.07, 6.45) is 1.66. The van der Waals surface area contributed by atoms with E-state index in [1.165, 1.54) is 11.1 Å². The second kappa shape index (κ2) is 2.86. The number of nitriles is 1. The Kier molecular flexibility index (Phi) is 1.82. The molecular weight excluding hydrogens is 160 g/mol. The summed E-state index contributed by atoms with van der Waals surface area (Å²) in [5, 5.41) is 12.2. The number of benzene rings is 1. The molecule has 0 heterocycles. The van der Waals surface area contributed by atoms with Crippen molar-refractivity contribution in [2.45, 2.75) is 18.4 Å². The molecule has 0 saturated heterocycles. The van der Waals surface area contributed by atoms with Crippen LogP contribution in [0.2, 0.25) is 0 Å². The zero-order valence-electron chi connectivity index (χ0n) is 7.67. The maximum atomic E-state index is 9.08. The van der Waals surface area contributed by atoms with Crippen molar-refractivity contribution in [3.63, 3.8) is 0 Å². The van der Waals surface area contributed by atoms with Crippen LogP contribution in [0.1, 0.15) is 11.1 Å². The smallest absolute Gasteiger partial charge is 0.114 e. The van der Waals surface area contributed by atoms with Gasteiger partial charge in [0.05, 0.1) is 6.07 Å². The number of rotatable bonds is 1. The molecule has 66 valence electrons. The van der Waals surface area contributed by atoms with Gasteiger partial charge in [-0.1, -0.05) is 24.3 Å². The van der Waals surface area contributed by atoms with Crippen molar-refractivity contribution in [3.05, 3.63) is 35.4 Å². The minimum atomic E-state index is -0.357. The van der Waals surface area contributed by atoms with Gasteiger partial charge in [0.1, 0.15) is 5.54 Å². The minimum Gasteiger partial charge on any atom is -0.302 e. The summed E-state index contributed by atoms with van der Waals surface area (Å²) >= 11 is 0. The molecule has 1 aromatic rings. The summed E-state index contributed by atoms with van der Waals surface area (Å²) < 4.78 is 0. The van der Waals surface area contributed by atoms with E-state index in [1.54, 1.807) is 0 Å². The lowest BCUT2D eigenvalue weighted by molar-refractivity contribution is 0.473. The fourth-order valence-electron chi connectivity index (χ4n) is 1.93. The number of fused-ring (bicyclic) bond motifs is 1. The van der Waals surface area contributed by atoms with E-state index in [9.17, 15) is 0 Å². The van der Waals surface area contributed by atoms with Crippen molar-refractivity contribution in [1.29, 1.82) is 5.26 Å². The van der Waals surface area contributed by atoms with Crippen LogP contribution < -0.4 is 5.32 Å². The topological polar surface area (TPSA) is 35.8 Å². The van der Waals surface area contributed by atoms with E-state index in [4.69, 9.17) is 5.26 Å². The van der Waals surface area contributed by atoms with Crippen LogP contribution in [0.15, 0.2) is 24.3 Å². The fourth-order valence-corrected chi connectivity index (χ4v) is 1.93. The van der Waals surface area contributed by atoms with Gasteiger partial charge in [-0.2, -0.15) is 5.26 Å². The molecule has 0 amide bonds. The Labute approximate surface area is 78.2 Å². The summed E-state index contributed by atoms with van der Waals surface area (Å²) in [6, 6.07) is 10.6. The van der Waals surface area contributed by atoms with Gasteiger partial charge < -0.3 is 5.32 Å². The third-order valence-corrected chi connectivity index (χ3v) is 2.80. The monoisotopic (exact) mass is 172 g/mol. The second-order valence-electron chi connectivity index (χ2n) is 3.57. The van der Waals surface area contributed by atoms with E-state index in [2.05, 4.69) is 23.5 Å². The Morgan fingerprint density at radius 3 is 2.23 bits per heavy atom. The highest BCUT2D eigenvalue weighted by Gasteiger charge is 2.35. The van der Waals surface area contributed by atoms with Crippen LogP contribution >= 0.6 is 0 Å². The summed E-state index contributed by atoms with van der Waals surface area (Å²) in [4.78, 5) is 0. The molecule has 1 aliphatic carbocycles. The van der Waals surface area contributed by atoms with Gasteiger partial charge in [0.15, 0.2) is 0 Å². The van der Waals surface area contributed by atoms with E-state index in [0.29, 0.717) is 0 Å². The largest absolute Gasteiger partial charge is 0.302 e. The molecule has 1 N–H and O–H groups in total. The molecule has 0 spiro atoms. The summed E-state index contributed by atoms with van der Waals surface area (Å²) in [5.74, 6) is 0. The molecule has 1 aromatic carbocycles. The molecule has 0 aromatic heterocycles. The fraction of sp³-hybridized carbons (Fsp3) is 0.364. The maximum Gasteiger partial charge on any atom is 0.114 e. The van der Waals surface area contributed by atoms with E-state index in [-0.39, 0.29) is 5.54 Å². The van der Waals surface area contributed by atoms with Gasteiger partial charge in [0.25, 0.3) is 0 Å². The number of likely N-dealkylation sites (N-methyl/N-ethyl adjacent to an activating group) is 1. The summed E-state index contributed by atoms with van der Waals surface area (Å²) in [6.45, 7) is 0. The quantitative estimate of drug-likeness (QED) is 0.692. The van der Waals surface area contributed by atoms with Crippen LogP contribution in [-0.2, 0) is 12.8 Å². The van der Waals surface area contributed by atoms with Gasteiger partial charge in [-0.15, -0.1) is 0 Å². The molecule has 0 atom stereocenters. The normalized spacial score (nSPS) is 17.8. The highest BCUT2D eigenvalue weighted by molar-refractivity contribution is 5.39. The molecule has 2 rings (SSSR count). The second-order valence-corrected chi connectivity index (χ2v) is 3.57. The number of hydrogen-bond acceptors (Lipinski definition) is 2. The van der Waals surface area contributed by atoms with E-state index in [0.717, 1.165) is 12.8 Å². The van der Waals surface area contributed by atoms with Gasteiger partial charge in [0, 0.05) is 12.8 Å². The van der Waals surface area contributed by atoms with E-state index >= 15 is 0 Å². The van der Waals surface area contributed by atoms with Crippen LogP contribution in [0, 0.1) is 11.3 Å². The van der Waals surface area contributed by atoms with Gasteiger partial charge in [-0.05, 0) is 18.2 Å². The molecule has 0 radical (unpaired) electrons. The molecule has 13 heavy (non-hydrogen) atoms. The first-order valence-electron chi connectivity index (χ1n) is 4.47. The van der Waals surface area contributed by atoms with Crippen molar-refractivity contribution in [1.82, 2.24) is 5.32 Å². The first kappa shape index (κ1) is 8.28. The molecule has 1 aliphatic rings. The Hall–Kier alpha value is -1.33. The SMILES string of the molecule is CNC1(C#N)Cc2ccccc2C1. The van der Waals surface area contributed by atoms with Gasteiger partial charge in [-0.3, -0.25) is 0 Å².